The SMILES string of the molecule is CCCC(=O)OC(C)(C)C(C)=O. The van der Waals surface area contributed by atoms with Crippen molar-refractivity contribution in [2.24, 2.45) is 0 Å². The largest absolute Gasteiger partial charge is 0.452 e. The third kappa shape index (κ3) is 3.51. The van der Waals surface area contributed by atoms with Gasteiger partial charge in [-0.2, -0.15) is 0 Å². The van der Waals surface area contributed by atoms with Gasteiger partial charge in [-0.1, -0.05) is 6.92 Å². The van der Waals surface area contributed by atoms with Gasteiger partial charge >= 0.3 is 5.97 Å². The predicted molar refractivity (Wildman–Crippen MR) is 45.8 cm³/mol. The molecular weight excluding hydrogens is 156 g/mol. The van der Waals surface area contributed by atoms with Crippen LogP contribution in [0.15, 0.2) is 0 Å². The monoisotopic (exact) mass is 172 g/mol. The first kappa shape index (κ1) is 11.1. The molecule has 0 spiro atoms. The molecule has 0 aliphatic carbocycles. The van der Waals surface area contributed by atoms with Crippen LogP contribution in [0.2, 0.25) is 0 Å². The van der Waals surface area contributed by atoms with E-state index < -0.39 is 5.60 Å². The molecule has 0 heterocycles. The second-order valence-corrected chi connectivity index (χ2v) is 3.29. The van der Waals surface area contributed by atoms with E-state index in [1.165, 1.54) is 6.92 Å². The number of rotatable bonds is 4. The number of Topliss-reactive ketones (excluding diaryl/α,β-unsaturated/α-hetero) is 1. The molecule has 70 valence electrons. The summed E-state index contributed by atoms with van der Waals surface area (Å²) in [6.07, 6.45) is 1.11. The highest BCUT2D eigenvalue weighted by molar-refractivity contribution is 5.86. The molecule has 3 nitrogen and oxygen atoms in total. The Balaban J connectivity index is 4.06. The minimum atomic E-state index is -0.966. The average Bonchev–Trinajstić information content (AvgIpc) is 1.85. The van der Waals surface area contributed by atoms with Crippen molar-refractivity contribution >= 4 is 11.8 Å². The summed E-state index contributed by atoms with van der Waals surface area (Å²) >= 11 is 0. The molecule has 0 N–H and O–H groups in total. The summed E-state index contributed by atoms with van der Waals surface area (Å²) in [4.78, 5) is 21.9. The molecule has 0 saturated heterocycles. The van der Waals surface area contributed by atoms with Crippen LogP contribution in [0, 0.1) is 0 Å². The first-order chi connectivity index (χ1) is 5.40. The summed E-state index contributed by atoms with van der Waals surface area (Å²) in [5, 5.41) is 0. The molecule has 0 aromatic rings. The molecule has 0 aromatic carbocycles. The van der Waals surface area contributed by atoms with Crippen LogP contribution in [0.5, 0.6) is 0 Å². The number of hydrogen-bond donors (Lipinski definition) is 0. The van der Waals surface area contributed by atoms with E-state index >= 15 is 0 Å². The van der Waals surface area contributed by atoms with Gasteiger partial charge in [-0.3, -0.25) is 9.59 Å². The summed E-state index contributed by atoms with van der Waals surface area (Å²) < 4.78 is 4.95. The van der Waals surface area contributed by atoms with Gasteiger partial charge in [0.05, 0.1) is 0 Å². The van der Waals surface area contributed by atoms with E-state index in [9.17, 15) is 9.59 Å². The van der Waals surface area contributed by atoms with Crippen LogP contribution in [-0.2, 0) is 14.3 Å². The van der Waals surface area contributed by atoms with E-state index in [2.05, 4.69) is 0 Å². The van der Waals surface area contributed by atoms with Gasteiger partial charge in [-0.05, 0) is 27.2 Å². The average molecular weight is 172 g/mol. The molecule has 0 unspecified atom stereocenters. The number of esters is 1. The predicted octanol–water partition coefficient (Wildman–Crippen LogP) is 1.70. The maximum Gasteiger partial charge on any atom is 0.306 e. The number of carbonyl (C=O) groups excluding carboxylic acids is 2. The normalized spacial score (nSPS) is 11.0. The van der Waals surface area contributed by atoms with Gasteiger partial charge in [0, 0.05) is 6.42 Å². The lowest BCUT2D eigenvalue weighted by atomic mass is 10.1. The van der Waals surface area contributed by atoms with Gasteiger partial charge in [-0.25, -0.2) is 0 Å². The van der Waals surface area contributed by atoms with E-state index in [1.807, 2.05) is 6.92 Å². The zero-order valence-electron chi connectivity index (χ0n) is 8.14. The fourth-order valence-electron chi connectivity index (χ4n) is 0.612. The van der Waals surface area contributed by atoms with E-state index in [-0.39, 0.29) is 11.8 Å². The third-order valence-electron chi connectivity index (χ3n) is 1.67. The van der Waals surface area contributed by atoms with Crippen LogP contribution in [0.4, 0.5) is 0 Å². The molecule has 0 radical (unpaired) electrons. The highest BCUT2D eigenvalue weighted by Crippen LogP contribution is 2.11. The highest BCUT2D eigenvalue weighted by atomic mass is 16.6. The second kappa shape index (κ2) is 4.24. The highest BCUT2D eigenvalue weighted by Gasteiger charge is 2.27. The minimum absolute atomic E-state index is 0.132. The Kier molecular flexibility index (Phi) is 3.93. The lowest BCUT2D eigenvalue weighted by Gasteiger charge is -2.21. The van der Waals surface area contributed by atoms with Crippen molar-refractivity contribution in [1.29, 1.82) is 0 Å². The van der Waals surface area contributed by atoms with Crippen LogP contribution < -0.4 is 0 Å². The van der Waals surface area contributed by atoms with Crippen LogP contribution in [0.3, 0.4) is 0 Å². The zero-order chi connectivity index (χ0) is 9.78. The molecule has 0 fully saturated rings. The fourth-order valence-corrected chi connectivity index (χ4v) is 0.612. The van der Waals surface area contributed by atoms with Crippen molar-refractivity contribution in [3.8, 4) is 0 Å². The lowest BCUT2D eigenvalue weighted by molar-refractivity contribution is -0.163. The molecule has 0 bridgehead atoms. The lowest BCUT2D eigenvalue weighted by Crippen LogP contribution is -2.35. The van der Waals surface area contributed by atoms with E-state index in [4.69, 9.17) is 4.74 Å². The number of carbonyl (C=O) groups is 2. The van der Waals surface area contributed by atoms with Crippen molar-refractivity contribution in [2.45, 2.75) is 46.1 Å². The molecule has 12 heavy (non-hydrogen) atoms. The maximum atomic E-state index is 11.0. The van der Waals surface area contributed by atoms with E-state index in [1.54, 1.807) is 13.8 Å². The van der Waals surface area contributed by atoms with Crippen molar-refractivity contribution in [1.82, 2.24) is 0 Å². The van der Waals surface area contributed by atoms with Crippen LogP contribution in [0.25, 0.3) is 0 Å². The van der Waals surface area contributed by atoms with E-state index in [0.29, 0.717) is 6.42 Å². The Morgan fingerprint density at radius 1 is 1.33 bits per heavy atom. The van der Waals surface area contributed by atoms with Crippen molar-refractivity contribution in [3.05, 3.63) is 0 Å². The van der Waals surface area contributed by atoms with Crippen LogP contribution >= 0.6 is 0 Å². The van der Waals surface area contributed by atoms with Gasteiger partial charge in [0.2, 0.25) is 0 Å². The van der Waals surface area contributed by atoms with Crippen molar-refractivity contribution < 1.29 is 14.3 Å². The zero-order valence-corrected chi connectivity index (χ0v) is 8.14. The molecule has 0 rings (SSSR count). The molecule has 0 aliphatic heterocycles. The third-order valence-corrected chi connectivity index (χ3v) is 1.67. The Morgan fingerprint density at radius 2 is 1.83 bits per heavy atom. The van der Waals surface area contributed by atoms with Crippen LogP contribution in [0.1, 0.15) is 40.5 Å². The molecule has 0 atom stereocenters. The first-order valence-electron chi connectivity index (χ1n) is 4.13. The number of hydrogen-bond acceptors (Lipinski definition) is 3. The van der Waals surface area contributed by atoms with E-state index in [0.717, 1.165) is 6.42 Å². The Hall–Kier alpha value is -0.860. The smallest absolute Gasteiger partial charge is 0.306 e. The van der Waals surface area contributed by atoms with Gasteiger partial charge < -0.3 is 4.74 Å². The topological polar surface area (TPSA) is 43.4 Å². The minimum Gasteiger partial charge on any atom is -0.452 e. The Morgan fingerprint density at radius 3 is 2.17 bits per heavy atom. The molecule has 0 aromatic heterocycles. The van der Waals surface area contributed by atoms with Crippen LogP contribution in [-0.4, -0.2) is 17.4 Å². The number of ketones is 1. The van der Waals surface area contributed by atoms with Gasteiger partial charge in [-0.15, -0.1) is 0 Å². The molecule has 0 saturated carbocycles. The number of ether oxygens (including phenoxy) is 1. The maximum absolute atomic E-state index is 11.0. The summed E-state index contributed by atoms with van der Waals surface area (Å²) in [5.41, 5.74) is -0.966. The Labute approximate surface area is 73.1 Å². The standard InChI is InChI=1S/C9H16O3/c1-5-6-8(11)12-9(3,4)7(2)10/h5-6H2,1-4H3. The van der Waals surface area contributed by atoms with Crippen molar-refractivity contribution in [3.63, 3.8) is 0 Å². The molecule has 0 amide bonds. The second-order valence-electron chi connectivity index (χ2n) is 3.29. The summed E-state index contributed by atoms with van der Waals surface area (Å²) in [5.74, 6) is -0.440. The van der Waals surface area contributed by atoms with Gasteiger partial charge in [0.25, 0.3) is 0 Å². The summed E-state index contributed by atoms with van der Waals surface area (Å²) in [6, 6.07) is 0. The summed E-state index contributed by atoms with van der Waals surface area (Å²) in [7, 11) is 0. The van der Waals surface area contributed by atoms with Crippen molar-refractivity contribution in [2.75, 3.05) is 0 Å². The fraction of sp³-hybridized carbons (Fsp3) is 0.778. The molecule has 3 heteroatoms. The summed E-state index contributed by atoms with van der Waals surface area (Å²) in [6.45, 7) is 6.51. The Bertz CT molecular complexity index is 182. The van der Waals surface area contributed by atoms with Gasteiger partial charge in [0.1, 0.15) is 0 Å². The quantitative estimate of drug-likeness (QED) is 0.606. The first-order valence-corrected chi connectivity index (χ1v) is 4.13. The molecular formula is C9H16O3. The molecule has 0 aliphatic rings. The van der Waals surface area contributed by atoms with Gasteiger partial charge in [0.15, 0.2) is 11.4 Å².